The zero-order valence-electron chi connectivity index (χ0n) is 19.9. The summed E-state index contributed by atoms with van der Waals surface area (Å²) in [6.45, 7) is 3.54. The van der Waals surface area contributed by atoms with E-state index in [9.17, 15) is 14.0 Å². The Morgan fingerprint density at radius 3 is 2.19 bits per heavy atom. The van der Waals surface area contributed by atoms with Crippen LogP contribution in [0.5, 0.6) is 5.75 Å². The maximum atomic E-state index is 13.1. The molecule has 0 spiro atoms. The SMILES string of the molecule is O=C(c1ccccc1)c1ccc2cc(OCC(=O)N3CCN(Cc4ccc(F)cc4)CC3)ccc2c1. The van der Waals surface area contributed by atoms with E-state index in [1.165, 1.54) is 12.1 Å². The van der Waals surface area contributed by atoms with Crippen molar-refractivity contribution in [3.8, 4) is 5.75 Å². The highest BCUT2D eigenvalue weighted by Gasteiger charge is 2.21. The third-order valence-corrected chi connectivity index (χ3v) is 6.52. The fraction of sp³-hybridized carbons (Fsp3) is 0.200. The molecular weight excluding hydrogens is 455 g/mol. The van der Waals surface area contributed by atoms with Crippen LogP contribution in [-0.2, 0) is 11.3 Å². The number of hydrogen-bond donors (Lipinski definition) is 0. The van der Waals surface area contributed by atoms with Crippen LogP contribution in [0.3, 0.4) is 0 Å². The summed E-state index contributed by atoms with van der Waals surface area (Å²) in [7, 11) is 0. The normalized spacial score (nSPS) is 14.1. The molecule has 0 aliphatic carbocycles. The second-order valence-electron chi connectivity index (χ2n) is 8.99. The van der Waals surface area contributed by atoms with Gasteiger partial charge >= 0.3 is 0 Å². The number of fused-ring (bicyclic) bond motifs is 1. The number of ketones is 1. The van der Waals surface area contributed by atoms with Gasteiger partial charge in [0.1, 0.15) is 11.6 Å². The minimum absolute atomic E-state index is 0.0128. The van der Waals surface area contributed by atoms with E-state index in [0.29, 0.717) is 30.0 Å². The van der Waals surface area contributed by atoms with E-state index in [1.807, 2.05) is 71.6 Å². The lowest BCUT2D eigenvalue weighted by atomic mass is 10.00. The van der Waals surface area contributed by atoms with Gasteiger partial charge in [-0.25, -0.2) is 4.39 Å². The summed E-state index contributed by atoms with van der Waals surface area (Å²) < 4.78 is 18.9. The number of carbonyl (C=O) groups is 2. The van der Waals surface area contributed by atoms with Crippen molar-refractivity contribution in [3.63, 3.8) is 0 Å². The van der Waals surface area contributed by atoms with E-state index < -0.39 is 0 Å². The zero-order valence-corrected chi connectivity index (χ0v) is 19.9. The molecule has 1 aliphatic heterocycles. The first-order chi connectivity index (χ1) is 17.5. The Morgan fingerprint density at radius 2 is 1.44 bits per heavy atom. The molecule has 0 saturated carbocycles. The number of hydrogen-bond acceptors (Lipinski definition) is 4. The first-order valence-electron chi connectivity index (χ1n) is 12.1. The number of amides is 1. The van der Waals surface area contributed by atoms with Gasteiger partial charge in [-0.05, 0) is 46.7 Å². The van der Waals surface area contributed by atoms with Crippen molar-refractivity contribution >= 4 is 22.5 Å². The van der Waals surface area contributed by atoms with Gasteiger partial charge in [-0.15, -0.1) is 0 Å². The number of piperazine rings is 1. The van der Waals surface area contributed by atoms with Gasteiger partial charge in [0.25, 0.3) is 5.91 Å². The van der Waals surface area contributed by atoms with Crippen LogP contribution in [-0.4, -0.2) is 54.3 Å². The van der Waals surface area contributed by atoms with Gasteiger partial charge in [0.05, 0.1) is 0 Å². The van der Waals surface area contributed by atoms with E-state index >= 15 is 0 Å². The van der Waals surface area contributed by atoms with E-state index in [-0.39, 0.29) is 24.1 Å². The molecule has 36 heavy (non-hydrogen) atoms. The Balaban J connectivity index is 1.14. The van der Waals surface area contributed by atoms with Gasteiger partial charge in [-0.2, -0.15) is 0 Å². The molecule has 0 aromatic heterocycles. The Kier molecular flexibility index (Phi) is 7.05. The average Bonchev–Trinajstić information content (AvgIpc) is 2.93. The van der Waals surface area contributed by atoms with Crippen molar-refractivity contribution < 1.29 is 18.7 Å². The highest BCUT2D eigenvalue weighted by atomic mass is 19.1. The molecule has 0 unspecified atom stereocenters. The van der Waals surface area contributed by atoms with Crippen LogP contribution in [0.25, 0.3) is 10.8 Å². The second-order valence-corrected chi connectivity index (χ2v) is 8.99. The summed E-state index contributed by atoms with van der Waals surface area (Å²) in [5, 5.41) is 1.88. The van der Waals surface area contributed by atoms with Crippen molar-refractivity contribution in [3.05, 3.63) is 114 Å². The molecule has 0 radical (unpaired) electrons. The van der Waals surface area contributed by atoms with Gasteiger partial charge < -0.3 is 9.64 Å². The second kappa shape index (κ2) is 10.7. The topological polar surface area (TPSA) is 49.9 Å². The average molecular weight is 483 g/mol. The number of benzene rings is 4. The van der Waals surface area contributed by atoms with Gasteiger partial charge in [-0.3, -0.25) is 14.5 Å². The Labute approximate surface area is 209 Å². The predicted molar refractivity (Wildman–Crippen MR) is 138 cm³/mol. The zero-order chi connectivity index (χ0) is 24.9. The Morgan fingerprint density at radius 1 is 0.750 bits per heavy atom. The van der Waals surface area contributed by atoms with Crippen molar-refractivity contribution in [1.82, 2.24) is 9.80 Å². The van der Waals surface area contributed by atoms with Gasteiger partial charge in [0, 0.05) is 43.9 Å². The van der Waals surface area contributed by atoms with Gasteiger partial charge in [0.2, 0.25) is 0 Å². The lowest BCUT2D eigenvalue weighted by molar-refractivity contribution is -0.135. The number of carbonyl (C=O) groups excluding carboxylic acids is 2. The smallest absolute Gasteiger partial charge is 0.260 e. The molecule has 182 valence electrons. The summed E-state index contributed by atoms with van der Waals surface area (Å²) in [5.41, 5.74) is 2.36. The number of ether oxygens (including phenoxy) is 1. The third kappa shape index (κ3) is 5.61. The largest absolute Gasteiger partial charge is 0.484 e. The first-order valence-corrected chi connectivity index (χ1v) is 12.1. The van der Waals surface area contributed by atoms with Crippen LogP contribution in [0.1, 0.15) is 21.5 Å². The predicted octanol–water partition coefficient (Wildman–Crippen LogP) is 4.93. The highest BCUT2D eigenvalue weighted by Crippen LogP contribution is 2.23. The van der Waals surface area contributed by atoms with Crippen LogP contribution in [0.2, 0.25) is 0 Å². The lowest BCUT2D eigenvalue weighted by Gasteiger charge is -2.34. The van der Waals surface area contributed by atoms with E-state index in [2.05, 4.69) is 4.90 Å². The molecule has 1 fully saturated rings. The van der Waals surface area contributed by atoms with Crippen molar-refractivity contribution in [2.45, 2.75) is 6.54 Å². The third-order valence-electron chi connectivity index (χ3n) is 6.52. The van der Waals surface area contributed by atoms with Crippen LogP contribution in [0.4, 0.5) is 4.39 Å². The first kappa shape index (κ1) is 23.7. The van der Waals surface area contributed by atoms with Gasteiger partial charge in [-0.1, -0.05) is 60.7 Å². The lowest BCUT2D eigenvalue weighted by Crippen LogP contribution is -2.49. The molecule has 4 aromatic rings. The van der Waals surface area contributed by atoms with E-state index in [0.717, 1.165) is 36.0 Å². The molecule has 1 heterocycles. The molecule has 4 aromatic carbocycles. The fourth-order valence-corrected chi connectivity index (χ4v) is 4.45. The molecule has 5 rings (SSSR count). The number of halogens is 1. The molecule has 0 bridgehead atoms. The summed E-state index contributed by atoms with van der Waals surface area (Å²) in [6, 6.07) is 27.0. The Hall–Kier alpha value is -4.03. The molecule has 0 N–H and O–H groups in total. The molecule has 1 aliphatic rings. The minimum Gasteiger partial charge on any atom is -0.484 e. The highest BCUT2D eigenvalue weighted by molar-refractivity contribution is 6.10. The van der Waals surface area contributed by atoms with E-state index in [1.54, 1.807) is 12.1 Å². The van der Waals surface area contributed by atoms with E-state index in [4.69, 9.17) is 4.74 Å². The monoisotopic (exact) mass is 482 g/mol. The Bertz CT molecular complexity index is 1360. The van der Waals surface area contributed by atoms with Crippen LogP contribution >= 0.6 is 0 Å². The summed E-state index contributed by atoms with van der Waals surface area (Å²) in [5.74, 6) is 0.331. The molecule has 0 atom stereocenters. The maximum absolute atomic E-state index is 13.1. The number of nitrogens with zero attached hydrogens (tertiary/aromatic N) is 2. The summed E-state index contributed by atoms with van der Waals surface area (Å²) in [4.78, 5) is 29.5. The maximum Gasteiger partial charge on any atom is 0.260 e. The van der Waals surface area contributed by atoms with Crippen LogP contribution in [0, 0.1) is 5.82 Å². The van der Waals surface area contributed by atoms with Crippen LogP contribution < -0.4 is 4.74 Å². The molecule has 1 amide bonds. The molecule has 1 saturated heterocycles. The summed E-state index contributed by atoms with van der Waals surface area (Å²) in [6.07, 6.45) is 0. The van der Waals surface area contributed by atoms with Crippen LogP contribution in [0.15, 0.2) is 91.0 Å². The molecular formula is C30H27FN2O3. The quantitative estimate of drug-likeness (QED) is 0.351. The molecule has 6 heteroatoms. The minimum atomic E-state index is -0.233. The van der Waals surface area contributed by atoms with Crippen molar-refractivity contribution in [2.75, 3.05) is 32.8 Å². The van der Waals surface area contributed by atoms with Crippen molar-refractivity contribution in [2.24, 2.45) is 0 Å². The summed E-state index contributed by atoms with van der Waals surface area (Å²) >= 11 is 0. The molecule has 5 nitrogen and oxygen atoms in total. The van der Waals surface area contributed by atoms with Crippen molar-refractivity contribution in [1.29, 1.82) is 0 Å². The number of rotatable bonds is 7. The standard InChI is InChI=1S/C30H27FN2O3/c31-27-11-6-22(7-12-27)20-32-14-16-33(17-15-32)29(34)21-36-28-13-10-24-18-26(9-8-25(24)19-28)30(35)23-4-2-1-3-5-23/h1-13,18-19H,14-17,20-21H2. The fourth-order valence-electron chi connectivity index (χ4n) is 4.45. The van der Waals surface area contributed by atoms with Gasteiger partial charge in [0.15, 0.2) is 12.4 Å².